The van der Waals surface area contributed by atoms with Gasteiger partial charge in [0.2, 0.25) is 0 Å². The summed E-state index contributed by atoms with van der Waals surface area (Å²) in [4.78, 5) is 10.4. The van der Waals surface area contributed by atoms with Crippen LogP contribution in [0.15, 0.2) is 24.3 Å². The molecular weight excluding hydrogens is 200 g/mol. The van der Waals surface area contributed by atoms with E-state index in [-0.39, 0.29) is 6.42 Å². The molecule has 0 amide bonds. The predicted molar refractivity (Wildman–Crippen MR) is 65.6 cm³/mol. The Balaban J connectivity index is 2.36. The first-order valence-corrected chi connectivity index (χ1v) is 6.02. The van der Waals surface area contributed by atoms with Gasteiger partial charge < -0.3 is 5.11 Å². The van der Waals surface area contributed by atoms with Crippen LogP contribution in [0.25, 0.3) is 0 Å². The summed E-state index contributed by atoms with van der Waals surface area (Å²) in [5.41, 5.74) is 2.62. The number of rotatable bonds is 7. The minimum absolute atomic E-state index is 0.261. The van der Waals surface area contributed by atoms with E-state index >= 15 is 0 Å². The van der Waals surface area contributed by atoms with Crippen LogP contribution in [0.4, 0.5) is 0 Å². The molecule has 2 nitrogen and oxygen atoms in total. The second-order valence-electron chi connectivity index (χ2n) is 4.17. The highest BCUT2D eigenvalue weighted by Crippen LogP contribution is 2.10. The summed E-state index contributed by atoms with van der Waals surface area (Å²) in [7, 11) is 0. The van der Waals surface area contributed by atoms with Gasteiger partial charge in [-0.05, 0) is 36.8 Å². The van der Waals surface area contributed by atoms with Crippen LogP contribution in [0, 0.1) is 0 Å². The summed E-state index contributed by atoms with van der Waals surface area (Å²) >= 11 is 0. The van der Waals surface area contributed by atoms with Gasteiger partial charge in [-0.3, -0.25) is 4.79 Å². The van der Waals surface area contributed by atoms with E-state index in [0.29, 0.717) is 0 Å². The van der Waals surface area contributed by atoms with E-state index in [4.69, 9.17) is 5.11 Å². The fourth-order valence-electron chi connectivity index (χ4n) is 1.70. The average molecular weight is 220 g/mol. The van der Waals surface area contributed by atoms with Crippen LogP contribution in [0.5, 0.6) is 0 Å². The van der Waals surface area contributed by atoms with Crippen molar-refractivity contribution < 1.29 is 9.90 Å². The molecule has 1 rings (SSSR count). The lowest BCUT2D eigenvalue weighted by atomic mass is 10.0. The molecule has 88 valence electrons. The van der Waals surface area contributed by atoms with Crippen molar-refractivity contribution in [2.45, 2.75) is 45.4 Å². The van der Waals surface area contributed by atoms with Crippen molar-refractivity contribution in [3.63, 3.8) is 0 Å². The maximum Gasteiger partial charge on any atom is 0.303 e. The Labute approximate surface area is 97.3 Å². The van der Waals surface area contributed by atoms with Crippen molar-refractivity contribution in [1.82, 2.24) is 0 Å². The zero-order chi connectivity index (χ0) is 11.8. The molecule has 1 N–H and O–H groups in total. The fraction of sp³-hybridized carbons (Fsp3) is 0.500. The van der Waals surface area contributed by atoms with Crippen LogP contribution in [-0.4, -0.2) is 11.1 Å². The molecule has 16 heavy (non-hydrogen) atoms. The Kier molecular flexibility index (Phi) is 5.62. The molecule has 0 spiro atoms. The van der Waals surface area contributed by atoms with Gasteiger partial charge in [-0.15, -0.1) is 0 Å². The molecule has 0 radical (unpaired) electrons. The number of unbranched alkanes of at least 4 members (excludes halogenated alkanes) is 1. The van der Waals surface area contributed by atoms with E-state index in [1.807, 2.05) is 0 Å². The first-order valence-electron chi connectivity index (χ1n) is 6.02. The van der Waals surface area contributed by atoms with E-state index in [9.17, 15) is 4.79 Å². The number of hydrogen-bond donors (Lipinski definition) is 1. The standard InChI is InChI=1S/C14H20O2/c1-2-3-5-12-8-10-13(11-9-12)6-4-7-14(15)16/h8-11H,2-7H2,1H3,(H,15,16). The van der Waals surface area contributed by atoms with Gasteiger partial charge in [0.15, 0.2) is 0 Å². The number of aliphatic carboxylic acids is 1. The Bertz CT molecular complexity index is 314. The van der Waals surface area contributed by atoms with Gasteiger partial charge in [-0.1, -0.05) is 37.6 Å². The summed E-state index contributed by atoms with van der Waals surface area (Å²) in [6.07, 6.45) is 5.45. The quantitative estimate of drug-likeness (QED) is 0.764. The van der Waals surface area contributed by atoms with Gasteiger partial charge in [-0.25, -0.2) is 0 Å². The summed E-state index contributed by atoms with van der Waals surface area (Å²) in [5, 5.41) is 8.53. The second-order valence-corrected chi connectivity index (χ2v) is 4.17. The normalized spacial score (nSPS) is 10.3. The summed E-state index contributed by atoms with van der Waals surface area (Å²) < 4.78 is 0. The summed E-state index contributed by atoms with van der Waals surface area (Å²) in [5.74, 6) is -0.709. The first-order chi connectivity index (χ1) is 7.72. The Morgan fingerprint density at radius 2 is 1.56 bits per heavy atom. The molecule has 0 bridgehead atoms. The topological polar surface area (TPSA) is 37.3 Å². The molecule has 0 unspecified atom stereocenters. The largest absolute Gasteiger partial charge is 0.481 e. The van der Waals surface area contributed by atoms with Gasteiger partial charge in [-0.2, -0.15) is 0 Å². The smallest absolute Gasteiger partial charge is 0.303 e. The van der Waals surface area contributed by atoms with Gasteiger partial charge >= 0.3 is 5.97 Å². The highest BCUT2D eigenvalue weighted by Gasteiger charge is 1.98. The highest BCUT2D eigenvalue weighted by atomic mass is 16.4. The number of carboxylic acids is 1. The molecule has 0 aliphatic rings. The van der Waals surface area contributed by atoms with E-state index in [1.54, 1.807) is 0 Å². The van der Waals surface area contributed by atoms with Crippen LogP contribution >= 0.6 is 0 Å². The lowest BCUT2D eigenvalue weighted by Gasteiger charge is -2.03. The minimum atomic E-state index is -0.709. The lowest BCUT2D eigenvalue weighted by molar-refractivity contribution is -0.137. The Morgan fingerprint density at radius 3 is 2.00 bits per heavy atom. The van der Waals surface area contributed by atoms with Crippen LogP contribution in [0.2, 0.25) is 0 Å². The molecule has 0 aromatic heterocycles. The Morgan fingerprint density at radius 1 is 1.06 bits per heavy atom. The average Bonchev–Trinajstić information content (AvgIpc) is 2.27. The number of aryl methyl sites for hydroxylation is 2. The van der Waals surface area contributed by atoms with Crippen molar-refractivity contribution >= 4 is 5.97 Å². The molecule has 0 aliphatic heterocycles. The molecule has 0 heterocycles. The molecule has 0 saturated heterocycles. The van der Waals surface area contributed by atoms with E-state index < -0.39 is 5.97 Å². The van der Waals surface area contributed by atoms with E-state index in [2.05, 4.69) is 31.2 Å². The van der Waals surface area contributed by atoms with Crippen LogP contribution in [0.1, 0.15) is 43.7 Å². The fourth-order valence-corrected chi connectivity index (χ4v) is 1.70. The van der Waals surface area contributed by atoms with Crippen molar-refractivity contribution in [3.05, 3.63) is 35.4 Å². The molecule has 0 aliphatic carbocycles. The van der Waals surface area contributed by atoms with E-state index in [0.717, 1.165) is 19.3 Å². The zero-order valence-corrected chi connectivity index (χ0v) is 9.91. The van der Waals surface area contributed by atoms with Crippen molar-refractivity contribution in [1.29, 1.82) is 0 Å². The van der Waals surface area contributed by atoms with Gasteiger partial charge in [0.05, 0.1) is 0 Å². The molecule has 2 heteroatoms. The van der Waals surface area contributed by atoms with E-state index in [1.165, 1.54) is 24.0 Å². The minimum Gasteiger partial charge on any atom is -0.481 e. The maximum absolute atomic E-state index is 10.4. The summed E-state index contributed by atoms with van der Waals surface area (Å²) in [6, 6.07) is 8.55. The first kappa shape index (κ1) is 12.8. The number of carboxylic acid groups (broad SMARTS) is 1. The molecule has 0 atom stereocenters. The number of carbonyl (C=O) groups is 1. The molecule has 0 saturated carbocycles. The van der Waals surface area contributed by atoms with Crippen molar-refractivity contribution in [2.24, 2.45) is 0 Å². The third-order valence-corrected chi connectivity index (χ3v) is 2.70. The third kappa shape index (κ3) is 4.96. The second kappa shape index (κ2) is 7.04. The molecular formula is C14H20O2. The van der Waals surface area contributed by atoms with Gasteiger partial charge in [0.1, 0.15) is 0 Å². The molecule has 1 aromatic carbocycles. The third-order valence-electron chi connectivity index (χ3n) is 2.70. The van der Waals surface area contributed by atoms with Crippen LogP contribution < -0.4 is 0 Å². The Hall–Kier alpha value is -1.31. The van der Waals surface area contributed by atoms with Crippen molar-refractivity contribution in [3.8, 4) is 0 Å². The van der Waals surface area contributed by atoms with Crippen LogP contribution in [-0.2, 0) is 17.6 Å². The predicted octanol–water partition coefficient (Wildman–Crippen LogP) is 3.44. The molecule has 0 fully saturated rings. The maximum atomic E-state index is 10.4. The number of hydrogen-bond acceptors (Lipinski definition) is 1. The SMILES string of the molecule is CCCCc1ccc(CCCC(=O)O)cc1. The van der Waals surface area contributed by atoms with Crippen molar-refractivity contribution in [2.75, 3.05) is 0 Å². The summed E-state index contributed by atoms with van der Waals surface area (Å²) in [6.45, 7) is 2.19. The monoisotopic (exact) mass is 220 g/mol. The molecule has 1 aromatic rings. The van der Waals surface area contributed by atoms with Crippen LogP contribution in [0.3, 0.4) is 0 Å². The van der Waals surface area contributed by atoms with Gasteiger partial charge in [0.25, 0.3) is 0 Å². The zero-order valence-electron chi connectivity index (χ0n) is 9.91. The van der Waals surface area contributed by atoms with Gasteiger partial charge in [0, 0.05) is 6.42 Å². The highest BCUT2D eigenvalue weighted by molar-refractivity contribution is 5.66. The number of benzene rings is 1. The lowest BCUT2D eigenvalue weighted by Crippen LogP contribution is -1.96.